The third-order valence-corrected chi connectivity index (χ3v) is 6.86. The molecule has 0 spiro atoms. The number of alkyl halides is 2. The molecular formula is C27H21F3N8O. The first-order valence-electron chi connectivity index (χ1n) is 12.3. The van der Waals surface area contributed by atoms with Crippen molar-refractivity contribution in [3.63, 3.8) is 0 Å². The summed E-state index contributed by atoms with van der Waals surface area (Å²) < 4.78 is 51.3. The number of aromatic amines is 1. The van der Waals surface area contributed by atoms with Crippen LogP contribution in [0, 0.1) is 18.7 Å². The Morgan fingerprint density at radius 2 is 1.92 bits per heavy atom. The zero-order valence-electron chi connectivity index (χ0n) is 20.6. The molecule has 6 aromatic rings. The lowest BCUT2D eigenvalue weighted by atomic mass is 9.81. The Morgan fingerprint density at radius 1 is 1.08 bits per heavy atom. The van der Waals surface area contributed by atoms with Crippen molar-refractivity contribution in [2.24, 2.45) is 5.92 Å². The molecule has 1 aliphatic rings. The van der Waals surface area contributed by atoms with Crippen LogP contribution in [0.5, 0.6) is 11.5 Å². The Kier molecular flexibility index (Phi) is 5.19. The lowest BCUT2D eigenvalue weighted by Gasteiger charge is -2.34. The summed E-state index contributed by atoms with van der Waals surface area (Å²) >= 11 is 0. The highest BCUT2D eigenvalue weighted by molar-refractivity contribution is 5.88. The highest BCUT2D eigenvalue weighted by Gasteiger charge is 2.45. The van der Waals surface area contributed by atoms with Gasteiger partial charge in [0.05, 0.1) is 35.4 Å². The smallest absolute Gasteiger partial charge is 0.248 e. The molecule has 7 rings (SSSR count). The van der Waals surface area contributed by atoms with E-state index in [0.717, 1.165) is 0 Å². The molecule has 12 heteroatoms. The molecule has 0 aliphatic heterocycles. The highest BCUT2D eigenvalue weighted by Crippen LogP contribution is 2.43. The van der Waals surface area contributed by atoms with Crippen LogP contribution in [-0.2, 0) is 6.54 Å². The lowest BCUT2D eigenvalue weighted by Crippen LogP contribution is -2.37. The number of rotatable bonds is 6. The van der Waals surface area contributed by atoms with Crippen molar-refractivity contribution >= 4 is 22.1 Å². The molecule has 0 bridgehead atoms. The summed E-state index contributed by atoms with van der Waals surface area (Å²) in [5.74, 6) is -2.29. The molecule has 0 amide bonds. The Labute approximate surface area is 219 Å². The topological polar surface area (TPSA) is 99.3 Å². The van der Waals surface area contributed by atoms with Gasteiger partial charge in [-0.25, -0.2) is 28.1 Å². The second-order valence-electron chi connectivity index (χ2n) is 9.78. The van der Waals surface area contributed by atoms with E-state index < -0.39 is 11.7 Å². The quantitative estimate of drug-likeness (QED) is 0.291. The average Bonchev–Trinajstić information content (AvgIpc) is 3.65. The zero-order chi connectivity index (χ0) is 26.7. The first-order chi connectivity index (χ1) is 18.8. The maximum Gasteiger partial charge on any atom is 0.248 e. The number of benzene rings is 2. The largest absolute Gasteiger partial charge is 0.452 e. The van der Waals surface area contributed by atoms with Gasteiger partial charge >= 0.3 is 0 Å². The third kappa shape index (κ3) is 4.17. The lowest BCUT2D eigenvalue weighted by molar-refractivity contribution is -0.114. The molecule has 39 heavy (non-hydrogen) atoms. The molecule has 0 radical (unpaired) electrons. The van der Waals surface area contributed by atoms with E-state index >= 15 is 4.39 Å². The number of H-pyrrole nitrogens is 1. The molecule has 9 nitrogen and oxygen atoms in total. The van der Waals surface area contributed by atoms with Gasteiger partial charge in [-0.05, 0) is 37.1 Å². The van der Waals surface area contributed by atoms with Gasteiger partial charge in [-0.15, -0.1) is 0 Å². The molecule has 1 N–H and O–H groups in total. The normalized spacial score (nSPS) is 15.2. The fourth-order valence-electron chi connectivity index (χ4n) is 5.03. The van der Waals surface area contributed by atoms with E-state index in [1.165, 1.54) is 0 Å². The van der Waals surface area contributed by atoms with Gasteiger partial charge in [0.2, 0.25) is 5.92 Å². The van der Waals surface area contributed by atoms with Gasteiger partial charge in [0, 0.05) is 43.5 Å². The van der Waals surface area contributed by atoms with Crippen LogP contribution in [0.1, 0.15) is 18.7 Å². The van der Waals surface area contributed by atoms with Crippen LogP contribution in [0.3, 0.4) is 0 Å². The van der Waals surface area contributed by atoms with Crippen molar-refractivity contribution < 1.29 is 17.9 Å². The highest BCUT2D eigenvalue weighted by atomic mass is 19.3. The maximum atomic E-state index is 15.3. The van der Waals surface area contributed by atoms with E-state index in [2.05, 4.69) is 25.0 Å². The predicted molar refractivity (Wildman–Crippen MR) is 136 cm³/mol. The molecule has 1 fully saturated rings. The van der Waals surface area contributed by atoms with E-state index in [4.69, 9.17) is 9.72 Å². The number of nitrogens with zero attached hydrogens (tertiary/aromatic N) is 7. The summed E-state index contributed by atoms with van der Waals surface area (Å²) in [6.07, 6.45) is 9.75. The molecule has 0 saturated heterocycles. The molecule has 4 heterocycles. The Bertz CT molecular complexity index is 1840. The monoisotopic (exact) mass is 530 g/mol. The van der Waals surface area contributed by atoms with Crippen LogP contribution in [0.25, 0.3) is 39.0 Å². The number of aryl methyl sites for hydroxylation is 1. The van der Waals surface area contributed by atoms with Gasteiger partial charge in [0.15, 0.2) is 17.3 Å². The van der Waals surface area contributed by atoms with Gasteiger partial charge in [-0.1, -0.05) is 0 Å². The van der Waals surface area contributed by atoms with Gasteiger partial charge < -0.3 is 14.3 Å². The van der Waals surface area contributed by atoms with Crippen LogP contribution in [0.15, 0.2) is 61.6 Å². The molecular weight excluding hydrogens is 509 g/mol. The van der Waals surface area contributed by atoms with Crippen LogP contribution in [0.4, 0.5) is 13.2 Å². The van der Waals surface area contributed by atoms with Crippen LogP contribution in [0.2, 0.25) is 0 Å². The zero-order valence-corrected chi connectivity index (χ0v) is 20.6. The number of hydrogen-bond acceptors (Lipinski definition) is 6. The third-order valence-electron chi connectivity index (χ3n) is 6.86. The van der Waals surface area contributed by atoms with Gasteiger partial charge in [-0.3, -0.25) is 9.67 Å². The Balaban J connectivity index is 1.28. The van der Waals surface area contributed by atoms with E-state index in [-0.39, 0.29) is 30.0 Å². The van der Waals surface area contributed by atoms with Crippen molar-refractivity contribution in [1.82, 2.24) is 39.3 Å². The van der Waals surface area contributed by atoms with Crippen molar-refractivity contribution in [1.29, 1.82) is 0 Å². The summed E-state index contributed by atoms with van der Waals surface area (Å²) in [5.41, 5.74) is 3.65. The molecule has 2 aromatic carbocycles. The predicted octanol–water partition coefficient (Wildman–Crippen LogP) is 5.84. The van der Waals surface area contributed by atoms with Gasteiger partial charge in [-0.2, -0.15) is 5.10 Å². The van der Waals surface area contributed by atoms with Crippen LogP contribution >= 0.6 is 0 Å². The first-order valence-corrected chi connectivity index (χ1v) is 12.3. The van der Waals surface area contributed by atoms with E-state index in [1.807, 2.05) is 0 Å². The molecule has 0 atom stereocenters. The van der Waals surface area contributed by atoms with Crippen molar-refractivity contribution in [3.05, 3.63) is 73.2 Å². The fourth-order valence-corrected chi connectivity index (χ4v) is 5.03. The molecule has 1 saturated carbocycles. The number of halogens is 3. The van der Waals surface area contributed by atoms with Crippen molar-refractivity contribution in [2.45, 2.75) is 32.2 Å². The summed E-state index contributed by atoms with van der Waals surface area (Å²) in [5, 5.41) is 4.34. The summed E-state index contributed by atoms with van der Waals surface area (Å²) in [6, 6.07) is 6.71. The molecule has 1 aliphatic carbocycles. The number of fused-ring (bicyclic) bond motifs is 2. The average molecular weight is 531 g/mol. The summed E-state index contributed by atoms with van der Waals surface area (Å²) in [4.78, 5) is 20.8. The maximum absolute atomic E-state index is 15.3. The minimum atomic E-state index is -2.57. The standard InChI is InChI=1S/C27H21F3N8O/c1-15-34-19-3-4-21(23(28)24(19)35-15)39-22-5-2-18-25(26(22)37-7-6-31-14-37)36-20(11-32-18)17-10-33-38(13-17)12-16-8-27(29,30)9-16/h2-7,10-11,13-14,16H,8-9,12H2,1H3,(H,34,35). The summed E-state index contributed by atoms with van der Waals surface area (Å²) in [7, 11) is 0. The second-order valence-corrected chi connectivity index (χ2v) is 9.78. The fraction of sp³-hybridized carbons (Fsp3) is 0.222. The van der Waals surface area contributed by atoms with E-state index in [1.54, 1.807) is 77.7 Å². The Morgan fingerprint density at radius 3 is 2.72 bits per heavy atom. The SMILES string of the molecule is Cc1nc2c(F)c(Oc3ccc4ncc(-c5cnn(CC6CC(F)(F)C6)c5)nc4c3-n3ccnc3)ccc2[nH]1. The minimum absolute atomic E-state index is 0.0154. The number of aromatic nitrogens is 8. The Hall–Kier alpha value is -4.74. The van der Waals surface area contributed by atoms with Gasteiger partial charge in [0.1, 0.15) is 22.5 Å². The number of ether oxygens (including phenoxy) is 1. The van der Waals surface area contributed by atoms with E-state index in [0.29, 0.717) is 51.6 Å². The molecule has 196 valence electrons. The van der Waals surface area contributed by atoms with Crippen LogP contribution in [-0.4, -0.2) is 45.2 Å². The molecule has 4 aromatic heterocycles. The van der Waals surface area contributed by atoms with Crippen molar-refractivity contribution in [3.8, 4) is 28.4 Å². The second kappa shape index (κ2) is 8.65. The van der Waals surface area contributed by atoms with Crippen molar-refractivity contribution in [2.75, 3.05) is 0 Å². The first kappa shape index (κ1) is 23.4. The molecule has 0 unspecified atom stereocenters. The van der Waals surface area contributed by atoms with E-state index in [9.17, 15) is 8.78 Å². The summed E-state index contributed by atoms with van der Waals surface area (Å²) in [6.45, 7) is 2.17. The number of hydrogen-bond donors (Lipinski definition) is 1. The minimum Gasteiger partial charge on any atom is -0.452 e. The van der Waals surface area contributed by atoms with Gasteiger partial charge in [0.25, 0.3) is 0 Å². The van der Waals surface area contributed by atoms with Crippen LogP contribution < -0.4 is 4.74 Å². The number of nitrogens with one attached hydrogen (secondary N) is 1. The number of imidazole rings is 2.